The van der Waals surface area contributed by atoms with Crippen molar-refractivity contribution in [1.82, 2.24) is 62.2 Å². The molecule has 100 heavy (non-hydrogen) atoms. The number of aliphatic hydroxyl groups is 1. The van der Waals surface area contributed by atoms with Crippen LogP contribution < -0.4 is 63.1 Å². The number of nitrogens with one attached hydrogen (secondary N) is 9. The van der Waals surface area contributed by atoms with E-state index in [0.29, 0.717) is 56.6 Å². The summed E-state index contributed by atoms with van der Waals surface area (Å²) >= 11 is 0. The summed E-state index contributed by atoms with van der Waals surface area (Å²) in [5, 5.41) is 36.5. The van der Waals surface area contributed by atoms with Crippen molar-refractivity contribution >= 4 is 75.9 Å². The maximum Gasteiger partial charge on any atom is 0.246 e. The molecular formula is C71H86FN13O15. The lowest BCUT2D eigenvalue weighted by Gasteiger charge is -2.37. The van der Waals surface area contributed by atoms with E-state index in [-0.39, 0.29) is 97.2 Å². The summed E-state index contributed by atoms with van der Waals surface area (Å²) in [5.74, 6) is -8.43. The third-order valence-electron chi connectivity index (χ3n) is 18.8. The molecule has 0 radical (unpaired) electrons. The highest BCUT2D eigenvalue weighted by atomic mass is 19.1. The number of halogens is 1. The lowest BCUT2D eigenvalue weighted by Crippen LogP contribution is -2.64. The number of hydrogen-bond donors (Lipinski definition) is 11. The molecule has 532 valence electrons. The molecule has 5 aliphatic heterocycles. The number of rotatable bonds is 5. The number of hydrogen-bond acceptors (Lipinski definition) is 16. The van der Waals surface area contributed by atoms with Crippen LogP contribution in [-0.2, 0) is 103 Å². The molecule has 4 aromatic carbocycles. The predicted octanol–water partition coefficient (Wildman–Crippen LogP) is -0.200. The van der Waals surface area contributed by atoms with Crippen molar-refractivity contribution in [3.05, 3.63) is 142 Å². The van der Waals surface area contributed by atoms with Crippen molar-refractivity contribution in [3.63, 3.8) is 0 Å². The van der Waals surface area contributed by atoms with E-state index in [4.69, 9.17) is 19.9 Å². The highest BCUT2D eigenvalue weighted by Gasteiger charge is 2.50. The van der Waals surface area contributed by atoms with E-state index in [1.807, 2.05) is 0 Å². The Morgan fingerprint density at radius 2 is 1.45 bits per heavy atom. The fourth-order valence-corrected chi connectivity index (χ4v) is 13.3. The van der Waals surface area contributed by atoms with Gasteiger partial charge in [-0.2, -0.15) is 0 Å². The van der Waals surface area contributed by atoms with Gasteiger partial charge < -0.3 is 87.3 Å². The van der Waals surface area contributed by atoms with Crippen LogP contribution in [0.15, 0.2) is 103 Å². The number of aromatic nitrogens is 1. The smallest absolute Gasteiger partial charge is 0.246 e. The number of carbonyl (C=O) groups is 11. The van der Waals surface area contributed by atoms with Crippen LogP contribution in [0.1, 0.15) is 86.3 Å². The molecule has 10 atom stereocenters. The van der Waals surface area contributed by atoms with Gasteiger partial charge in [0.1, 0.15) is 78.4 Å². The van der Waals surface area contributed by atoms with Gasteiger partial charge in [-0.25, -0.2) is 4.39 Å². The Morgan fingerprint density at radius 1 is 0.700 bits per heavy atom. The monoisotopic (exact) mass is 1380 g/mol. The summed E-state index contributed by atoms with van der Waals surface area (Å²) in [6.45, 7) is 3.10. The van der Waals surface area contributed by atoms with Crippen LogP contribution in [0.4, 0.5) is 4.39 Å². The van der Waals surface area contributed by atoms with E-state index in [2.05, 4.69) is 47.9 Å². The number of amides is 11. The minimum atomic E-state index is -1.85. The Labute approximate surface area is 576 Å². The molecule has 10 rings (SSSR count). The second-order valence-corrected chi connectivity index (χ2v) is 26.0. The molecule has 0 unspecified atom stereocenters. The quantitative estimate of drug-likeness (QED) is 0.102. The number of ether oxygens (including phenoxy) is 3. The molecule has 29 heteroatoms. The van der Waals surface area contributed by atoms with Crippen LogP contribution in [0.3, 0.4) is 0 Å². The minimum absolute atomic E-state index is 0.00948. The number of fused-ring (bicyclic) bond motifs is 10. The second-order valence-electron chi connectivity index (χ2n) is 26.0. The van der Waals surface area contributed by atoms with Crippen LogP contribution in [0.25, 0.3) is 10.9 Å². The number of carbonyl (C=O) groups excluding carboxylic acids is 11. The molecule has 0 saturated carbocycles. The van der Waals surface area contributed by atoms with Crippen LogP contribution in [-0.4, -0.2) is 191 Å². The zero-order valence-electron chi connectivity index (χ0n) is 56.2. The molecule has 0 spiro atoms. The summed E-state index contributed by atoms with van der Waals surface area (Å²) < 4.78 is 35.5. The number of methoxy groups -OCH3 is 1. The fourth-order valence-electron chi connectivity index (χ4n) is 13.3. The summed E-state index contributed by atoms with van der Waals surface area (Å²) in [4.78, 5) is 163. The first-order valence-electron chi connectivity index (χ1n) is 33.6. The summed E-state index contributed by atoms with van der Waals surface area (Å²) in [6.07, 6.45) is 1.67. The summed E-state index contributed by atoms with van der Waals surface area (Å²) in [6, 6.07) is 11.8. The van der Waals surface area contributed by atoms with Gasteiger partial charge in [-0.15, -0.1) is 0 Å². The lowest BCUT2D eigenvalue weighted by molar-refractivity contribution is -0.148. The molecule has 6 heterocycles. The van der Waals surface area contributed by atoms with Gasteiger partial charge in [0.25, 0.3) is 0 Å². The molecule has 1 aromatic heterocycles. The van der Waals surface area contributed by atoms with Gasteiger partial charge in [0.2, 0.25) is 65.0 Å². The maximum absolute atomic E-state index is 16.0. The van der Waals surface area contributed by atoms with Crippen molar-refractivity contribution in [3.8, 4) is 11.5 Å². The normalized spacial score (nSPS) is 26.2. The van der Waals surface area contributed by atoms with Gasteiger partial charge in [-0.05, 0) is 117 Å². The average molecular weight is 1380 g/mol. The Kier molecular flexibility index (Phi) is 23.6. The zero-order valence-corrected chi connectivity index (χ0v) is 56.2. The molecule has 5 aliphatic rings. The van der Waals surface area contributed by atoms with Crippen molar-refractivity contribution in [2.75, 3.05) is 46.5 Å². The first-order valence-corrected chi connectivity index (χ1v) is 33.6. The SMILES string of the molecule is COc1ccc(C[C@@H]2NC(=O)[C@@H]([C@@H](C)O)NC(=O)[C@@H]3[C@@H]4CCN3C(=O)[C@@H]3Cc5cn(c6ccc(F)cc56)C/C=C/COc5cc(ccc5CNC(=O)CCC(=O)N[C@@H](C)C(=O)N[C@@H](CN)C(=O)N[C@@H](Cc5cccc(c5)CNC(=O)CO4)C(=O)N3)CCNC(=O)[C@]3(C)CCCN3C2=O)cc1. The van der Waals surface area contributed by atoms with Gasteiger partial charge in [0, 0.05) is 101 Å². The Balaban J connectivity index is 1.10. The standard InChI is InChI=1S/C71H86FN13O15/c1-40-63(90)81-54(35-73)65(92)78-51-31-44-9-7-10-45(29-44)36-75-60(89)39-100-56-22-27-84-62(56)67(94)82-61(41(2)86)66(93)80-52(30-42-12-16-49(98-4)17-13-42)69(96)85-26-8-23-71(85,3)70(97)74-24-21-43-11-14-46(37-76-58(87)19-20-59(88)77-40)57(32-43)99-28-6-5-25-83-38-47(33-53(68(84)95)79-64(51)91)50-34-48(72)15-18-55(50)83/h5-7,9-18,29,32,34,38,40-41,51-54,56,61-62,86H,8,19-28,30-31,33,35-37,39,73H2,1-4H3,(H,74,97)(H,75,89)(H,76,87)(H,77,88)(H,78,92)(H,79,91)(H,80,93)(H,81,90)(H,82,94)/b6-5+/t40-,41+,51-,52-,53-,54-,56-,61+,62-,71-/m0/s1. The number of allylic oxidation sites excluding steroid dienone is 1. The Bertz CT molecular complexity index is 3960. The molecule has 12 N–H and O–H groups in total. The van der Waals surface area contributed by atoms with E-state index >= 15 is 28.4 Å². The summed E-state index contributed by atoms with van der Waals surface area (Å²) in [7, 11) is 1.49. The third kappa shape index (κ3) is 17.6. The van der Waals surface area contributed by atoms with Gasteiger partial charge in [0.05, 0.1) is 19.3 Å². The van der Waals surface area contributed by atoms with Gasteiger partial charge in [0.15, 0.2) is 0 Å². The maximum atomic E-state index is 16.0. The van der Waals surface area contributed by atoms with Crippen LogP contribution in [0.2, 0.25) is 0 Å². The second kappa shape index (κ2) is 32.6. The topological polar surface area (TPSA) is 381 Å². The Hall–Kier alpha value is -10.3. The number of aliphatic hydroxyl groups excluding tert-OH is 1. The van der Waals surface area contributed by atoms with Crippen molar-refractivity contribution in [2.24, 2.45) is 5.73 Å². The fraction of sp³-hybridized carbons (Fsp3) is 0.451. The van der Waals surface area contributed by atoms with E-state index in [1.165, 1.54) is 38.0 Å². The molecule has 11 bridgehead atoms. The molecule has 28 nitrogen and oxygen atoms in total. The van der Waals surface area contributed by atoms with Gasteiger partial charge in [-0.3, -0.25) is 52.7 Å². The van der Waals surface area contributed by atoms with Gasteiger partial charge in [-0.1, -0.05) is 54.6 Å². The average Bonchev–Trinajstić information content (AvgIpc) is 1.59. The lowest BCUT2D eigenvalue weighted by atomic mass is 9.95. The highest BCUT2D eigenvalue weighted by molar-refractivity contribution is 6.00. The largest absolute Gasteiger partial charge is 0.497 e. The van der Waals surface area contributed by atoms with Crippen LogP contribution >= 0.6 is 0 Å². The first-order chi connectivity index (χ1) is 48.0. The van der Waals surface area contributed by atoms with Crippen molar-refractivity contribution < 1.29 is 76.4 Å². The van der Waals surface area contributed by atoms with Crippen LogP contribution in [0.5, 0.6) is 11.5 Å². The number of nitrogens with two attached hydrogens (primary N) is 1. The highest BCUT2D eigenvalue weighted by Crippen LogP contribution is 2.32. The van der Waals surface area contributed by atoms with Crippen molar-refractivity contribution in [2.45, 2.75) is 158 Å². The van der Waals surface area contributed by atoms with Crippen molar-refractivity contribution in [1.29, 1.82) is 0 Å². The Morgan fingerprint density at radius 3 is 2.22 bits per heavy atom. The number of benzene rings is 4. The summed E-state index contributed by atoms with van der Waals surface area (Å²) in [5.41, 5.74) is 8.40. The van der Waals surface area contributed by atoms with E-state index in [0.717, 1.165) is 10.5 Å². The van der Waals surface area contributed by atoms with Gasteiger partial charge >= 0.3 is 0 Å². The van der Waals surface area contributed by atoms with E-state index in [1.54, 1.807) is 103 Å². The third-order valence-corrected chi connectivity index (χ3v) is 18.8. The molecule has 2 fully saturated rings. The molecule has 0 aliphatic carbocycles. The molecule has 11 amide bonds. The van der Waals surface area contributed by atoms with E-state index < -0.39 is 144 Å². The van der Waals surface area contributed by atoms with Crippen LogP contribution in [0, 0.1) is 5.82 Å². The minimum Gasteiger partial charge on any atom is -0.497 e. The molecular weight excluding hydrogens is 1290 g/mol. The first kappa shape index (κ1) is 72.5. The predicted molar refractivity (Wildman–Crippen MR) is 360 cm³/mol. The molecule has 5 aromatic rings. The van der Waals surface area contributed by atoms with E-state index in [9.17, 15) is 33.9 Å². The zero-order chi connectivity index (χ0) is 71.4. The number of nitrogens with zero attached hydrogens (tertiary/aromatic N) is 3. The molecule has 2 saturated heterocycles.